The van der Waals surface area contributed by atoms with Gasteiger partial charge in [0.2, 0.25) is 53.2 Å². The lowest BCUT2D eigenvalue weighted by Crippen LogP contribution is -2.60. The molecule has 25 nitrogen and oxygen atoms in total. The van der Waals surface area contributed by atoms with Gasteiger partial charge in [-0.3, -0.25) is 53.0 Å². The highest BCUT2D eigenvalue weighted by molar-refractivity contribution is 6.16. The van der Waals surface area contributed by atoms with E-state index in [1.54, 1.807) is 61.9 Å². The van der Waals surface area contributed by atoms with E-state index in [-0.39, 0.29) is 118 Å². The van der Waals surface area contributed by atoms with Gasteiger partial charge >= 0.3 is 12.2 Å². The summed E-state index contributed by atoms with van der Waals surface area (Å²) in [7, 11) is 6.69. The molecule has 590 valence electrons. The molecule has 2 unspecified atom stereocenters. The second-order valence-electron chi connectivity index (χ2n) is 31.3. The van der Waals surface area contributed by atoms with Crippen molar-refractivity contribution in [2.24, 2.45) is 47.2 Å². The van der Waals surface area contributed by atoms with E-state index in [0.29, 0.717) is 72.2 Å². The van der Waals surface area contributed by atoms with Gasteiger partial charge in [0.15, 0.2) is 0 Å². The molecule has 10 N–H and O–H groups in total. The zero-order valence-electron chi connectivity index (χ0n) is 65.6. The average molecular weight is 1500 g/mol. The zero-order chi connectivity index (χ0) is 78.8. The number of likely N-dealkylation sites (tertiary alicyclic amines) is 2. The highest BCUT2D eigenvalue weighted by Crippen LogP contribution is 2.36. The minimum absolute atomic E-state index is 0.0157. The molecule has 0 saturated carbocycles. The molecule has 13 atom stereocenters. The number of nitrogens with zero attached hydrogens (tertiary/aromatic N) is 4. The molecule has 0 aromatic heterocycles. The third kappa shape index (κ3) is 29.3. The number of nitrogens with one attached hydrogen (secondary N) is 8. The molecule has 2 aliphatic heterocycles. The maximum absolute atomic E-state index is 14.7. The summed E-state index contributed by atoms with van der Waals surface area (Å²) < 4.78 is 54.8. The van der Waals surface area contributed by atoms with Crippen molar-refractivity contribution in [1.82, 2.24) is 56.8 Å². The molecule has 2 heterocycles. The van der Waals surface area contributed by atoms with E-state index in [4.69, 9.17) is 15.2 Å². The van der Waals surface area contributed by atoms with Gasteiger partial charge in [-0.15, -0.1) is 0 Å². The molecule has 2 aromatic rings. The number of nitrogens with two attached hydrogens (primary N) is 1. The topological polar surface area (TPSA) is 324 Å². The van der Waals surface area contributed by atoms with Crippen molar-refractivity contribution < 1.29 is 70.6 Å². The van der Waals surface area contributed by atoms with E-state index in [2.05, 4.69) is 56.4 Å². The number of hydrogen-bond acceptors (Lipinski definition) is 14. The highest BCUT2D eigenvalue weighted by Gasteiger charge is 2.49. The number of ether oxygens (including phenoxy) is 2. The Bertz CT molecular complexity index is 3130. The molecular formula is C76H125AlF3N13O12. The van der Waals surface area contributed by atoms with E-state index in [1.807, 2.05) is 97.7 Å². The number of likely N-dealkylation sites (N-methyl/N-ethyl adjacent to an activating group) is 2. The Morgan fingerprint density at radius 2 is 1.36 bits per heavy atom. The Morgan fingerprint density at radius 1 is 0.714 bits per heavy atom. The molecule has 2 aromatic carbocycles. The van der Waals surface area contributed by atoms with Crippen LogP contribution >= 0.6 is 0 Å². The van der Waals surface area contributed by atoms with Gasteiger partial charge < -0.3 is 67.5 Å². The number of urea groups is 1. The van der Waals surface area contributed by atoms with Gasteiger partial charge in [0.1, 0.15) is 24.2 Å². The summed E-state index contributed by atoms with van der Waals surface area (Å²) in [5.41, 5.74) is 7.16. The van der Waals surface area contributed by atoms with Crippen LogP contribution in [0.4, 0.5) is 23.7 Å². The molecule has 11 amide bonds. The molecule has 0 bridgehead atoms. The average Bonchev–Trinajstić information content (AvgIpc) is 1.77. The SMILES string of the molecule is CC[C@H](C)[C@@H]([C@@H](CC(=O)N1CCC[C@H]1[C@H](OC)[C@@H](C)C(=O)N[C@H](CC(=O)NCc1ccc(NC(=O)[C@H](CCCNC(N)=O)NC(=O)[C@@H](NC(=O)CCCN2CCC(C(=O)N[C](C)(C)[AlH2])CC2C(F)(F)F)C(C)C)cc1)Cc1ccccc1)OC)N(C)C(=O)[C@@H](NC(=O)[C@H](C(C)C)N(C)CC(C)C)C(C)C. The monoisotopic (exact) mass is 1500 g/mol. The van der Waals surface area contributed by atoms with Crippen LogP contribution in [0.1, 0.15) is 172 Å². The summed E-state index contributed by atoms with van der Waals surface area (Å²) in [5, 5.41) is 22.7. The first-order chi connectivity index (χ1) is 49.2. The highest BCUT2D eigenvalue weighted by atomic mass is 27.0. The minimum Gasteiger partial charge on any atom is -0.379 e. The lowest BCUT2D eigenvalue weighted by Gasteiger charge is -2.41. The maximum atomic E-state index is 14.7. The molecular weight excluding hydrogens is 1370 g/mol. The number of amides is 11. The normalized spacial score (nSPS) is 18.8. The van der Waals surface area contributed by atoms with Crippen molar-refractivity contribution in [2.45, 2.75) is 245 Å². The molecule has 0 radical (unpaired) electrons. The fourth-order valence-electron chi connectivity index (χ4n) is 14.4. The zero-order valence-corrected chi connectivity index (χ0v) is 67.6. The van der Waals surface area contributed by atoms with Crippen LogP contribution in [0.2, 0.25) is 0 Å². The molecule has 4 rings (SSSR count). The van der Waals surface area contributed by atoms with Gasteiger partial charge in [-0.05, 0) is 129 Å². The minimum atomic E-state index is -4.60. The number of anilines is 1. The van der Waals surface area contributed by atoms with Crippen molar-refractivity contribution in [3.05, 3.63) is 65.7 Å². The summed E-state index contributed by atoms with van der Waals surface area (Å²) in [6, 6.07) is 8.09. The molecule has 105 heavy (non-hydrogen) atoms. The number of benzene rings is 2. The van der Waals surface area contributed by atoms with Crippen molar-refractivity contribution in [1.29, 1.82) is 0 Å². The van der Waals surface area contributed by atoms with E-state index >= 15 is 0 Å². The van der Waals surface area contributed by atoms with Crippen LogP contribution in [0.3, 0.4) is 0 Å². The van der Waals surface area contributed by atoms with Crippen LogP contribution in [0.5, 0.6) is 0 Å². The van der Waals surface area contributed by atoms with Crippen LogP contribution in [0.15, 0.2) is 54.6 Å². The number of rotatable bonds is 42. The van der Waals surface area contributed by atoms with Gasteiger partial charge in [-0.25, -0.2) is 4.79 Å². The van der Waals surface area contributed by atoms with E-state index < -0.39 is 125 Å². The fraction of sp³-hybridized carbons (Fsp3) is 0.711. The van der Waals surface area contributed by atoms with Crippen LogP contribution in [0.25, 0.3) is 0 Å². The summed E-state index contributed by atoms with van der Waals surface area (Å²) in [6.07, 6.45) is -4.08. The standard InChI is InChI=1S/C76H123F3N13O12.Al.2H/c1-18-50(12)67(90(15)74(101)65(47(6)7)88-73(100)66(48(8)9)89(14)44-45(2)3)59(103-16)42-63(95)92-37-23-28-58(92)68(104-17)51(13)69(96)85-56(39-52-25-20-19-21-26-52)41-62(94)82-43-53-30-32-55(33-31-53)84-71(98)57(27-22-35-81-75(80)102)86-72(99)64(46(4)5)87-61(93)29-24-36-91-38-34-54(70(97)83-49(10)11)40-60(91)76(77,78)79;;;/h19-21,25-26,30-33,45-48,50-51,54,56-60,64-68H,18,22-24,27-29,34-44H2,1-17H3,(H,82,94)(H,83,97)(H,84,98)(H,85,96)(H,86,99)(H,87,93)(H,88,100)(H3,80,81,102);;;/t50-,51+,54?,56-,57-,58-,59+,60?,64-,65-,66-,67-,68+;;;/m0.../s1. The molecule has 2 aliphatic rings. The van der Waals surface area contributed by atoms with Crippen LogP contribution in [0, 0.1) is 41.4 Å². The second kappa shape index (κ2) is 43.2. The molecule has 0 spiro atoms. The predicted octanol–water partition coefficient (Wildman–Crippen LogP) is 6.02. The number of carbonyl (C=O) groups is 10. The van der Waals surface area contributed by atoms with Gasteiger partial charge in [0.25, 0.3) is 16.3 Å². The summed E-state index contributed by atoms with van der Waals surface area (Å²) in [6.45, 7) is 26.0. The number of halogens is 3. The number of hydrogen-bond donors (Lipinski definition) is 9. The number of primary amides is 1. The predicted molar refractivity (Wildman–Crippen MR) is 402 cm³/mol. The Morgan fingerprint density at radius 3 is 1.92 bits per heavy atom. The molecule has 2 saturated heterocycles. The Balaban J connectivity index is 1.41. The third-order valence-electron chi connectivity index (χ3n) is 20.0. The van der Waals surface area contributed by atoms with Gasteiger partial charge in [-0.2, -0.15) is 13.2 Å². The van der Waals surface area contributed by atoms with Gasteiger partial charge in [0, 0.05) is 77.9 Å². The number of alkyl halides is 3. The largest absolute Gasteiger partial charge is 0.404 e. The van der Waals surface area contributed by atoms with Crippen molar-refractivity contribution in [3.63, 3.8) is 0 Å². The van der Waals surface area contributed by atoms with Crippen molar-refractivity contribution in [3.8, 4) is 0 Å². The fourth-order valence-corrected chi connectivity index (χ4v) is 14.7. The first-order valence-electron chi connectivity index (χ1n) is 37.6. The van der Waals surface area contributed by atoms with Crippen molar-refractivity contribution in [2.75, 3.05) is 66.4 Å². The summed E-state index contributed by atoms with van der Waals surface area (Å²) >= 11 is 0.615. The Kier molecular flexibility index (Phi) is 37.2. The first kappa shape index (κ1) is 90.5. The number of carbonyl (C=O) groups excluding carboxylic acids is 10. The third-order valence-corrected chi connectivity index (χ3v) is 20.3. The van der Waals surface area contributed by atoms with Crippen LogP contribution < -0.4 is 48.3 Å². The maximum Gasteiger partial charge on any atom is 0.404 e. The molecule has 29 heteroatoms. The first-order valence-corrected chi connectivity index (χ1v) is 38.6. The smallest absolute Gasteiger partial charge is 0.379 e. The van der Waals surface area contributed by atoms with E-state index in [0.717, 1.165) is 5.56 Å². The van der Waals surface area contributed by atoms with Crippen molar-refractivity contribution >= 4 is 81.2 Å². The van der Waals surface area contributed by atoms with E-state index in [9.17, 15) is 61.1 Å². The quantitative estimate of drug-likeness (QED) is 0.0272. The van der Waals surface area contributed by atoms with Crippen LogP contribution in [-0.2, 0) is 65.6 Å². The Labute approximate surface area is 629 Å². The Hall–Kier alpha value is -6.90. The van der Waals surface area contributed by atoms with Gasteiger partial charge in [-0.1, -0.05) is 139 Å². The summed E-state index contributed by atoms with van der Waals surface area (Å²) in [4.78, 5) is 144. The van der Waals surface area contributed by atoms with Gasteiger partial charge in [0.05, 0.1) is 42.7 Å². The van der Waals surface area contributed by atoms with E-state index in [1.165, 1.54) is 19.1 Å². The summed E-state index contributed by atoms with van der Waals surface area (Å²) in [5.74, 6) is -5.84. The van der Waals surface area contributed by atoms with Crippen LogP contribution in [-0.4, -0.2) is 227 Å². The molecule has 0 aliphatic carbocycles. The second-order valence-corrected chi connectivity index (χ2v) is 33.8. The lowest BCUT2D eigenvalue weighted by atomic mass is 9.89. The number of methoxy groups -OCH3 is 2. The lowest BCUT2D eigenvalue weighted by molar-refractivity contribution is -0.196. The molecule has 2 fully saturated rings. The number of piperidine rings is 1.